The first-order chi connectivity index (χ1) is 7.30. The predicted octanol–water partition coefficient (Wildman–Crippen LogP) is 1.84. The second-order valence-corrected chi connectivity index (χ2v) is 4.43. The van der Waals surface area contributed by atoms with E-state index < -0.39 is 0 Å². The Morgan fingerprint density at radius 3 is 2.87 bits per heavy atom. The van der Waals surface area contributed by atoms with Crippen molar-refractivity contribution in [2.75, 3.05) is 6.54 Å². The lowest BCUT2D eigenvalue weighted by Gasteiger charge is -2.25. The smallest absolute Gasteiger partial charge is 0.0587 e. The van der Waals surface area contributed by atoms with Gasteiger partial charge in [0.05, 0.1) is 12.7 Å². The third-order valence-corrected chi connectivity index (χ3v) is 3.51. The molecule has 0 atom stereocenters. The molecule has 0 radical (unpaired) electrons. The van der Waals surface area contributed by atoms with Gasteiger partial charge in [0.1, 0.15) is 0 Å². The third kappa shape index (κ3) is 1.84. The molecule has 3 nitrogen and oxygen atoms in total. The molecule has 0 saturated heterocycles. The average Bonchev–Trinajstić information content (AvgIpc) is 2.86. The van der Waals surface area contributed by atoms with Crippen LogP contribution in [0.15, 0.2) is 25.0 Å². The molecule has 0 amide bonds. The Kier molecular flexibility index (Phi) is 2.91. The highest BCUT2D eigenvalue weighted by molar-refractivity contribution is 5.22. The largest absolute Gasteiger partial charge is 0.330 e. The van der Waals surface area contributed by atoms with E-state index >= 15 is 0 Å². The molecule has 0 unspecified atom stereocenters. The van der Waals surface area contributed by atoms with Gasteiger partial charge in [0, 0.05) is 18.2 Å². The van der Waals surface area contributed by atoms with Crippen LogP contribution >= 0.6 is 0 Å². The Labute approximate surface area is 91.0 Å². The summed E-state index contributed by atoms with van der Waals surface area (Å²) in [7, 11) is 0. The molecule has 1 heterocycles. The molecule has 0 spiro atoms. The molecule has 82 valence electrons. The minimum absolute atomic E-state index is 0.208. The summed E-state index contributed by atoms with van der Waals surface area (Å²) in [6.45, 7) is 5.24. The van der Waals surface area contributed by atoms with E-state index in [4.69, 9.17) is 5.73 Å². The zero-order valence-electron chi connectivity index (χ0n) is 9.15. The number of rotatable bonds is 4. The molecule has 3 heteroatoms. The minimum Gasteiger partial charge on any atom is -0.330 e. The lowest BCUT2D eigenvalue weighted by Crippen LogP contribution is -2.31. The summed E-state index contributed by atoms with van der Waals surface area (Å²) in [4.78, 5) is 0. The van der Waals surface area contributed by atoms with Crippen LogP contribution in [0.25, 0.3) is 0 Å². The van der Waals surface area contributed by atoms with Crippen molar-refractivity contribution in [1.29, 1.82) is 0 Å². The van der Waals surface area contributed by atoms with Crippen LogP contribution < -0.4 is 5.73 Å². The van der Waals surface area contributed by atoms with Gasteiger partial charge in [0.2, 0.25) is 0 Å². The quantitative estimate of drug-likeness (QED) is 0.762. The Morgan fingerprint density at radius 2 is 2.27 bits per heavy atom. The second-order valence-electron chi connectivity index (χ2n) is 4.43. The van der Waals surface area contributed by atoms with Crippen molar-refractivity contribution < 1.29 is 0 Å². The van der Waals surface area contributed by atoms with Crippen LogP contribution in [0.3, 0.4) is 0 Å². The fraction of sp³-hybridized carbons (Fsp3) is 0.583. The molecule has 1 aliphatic rings. The average molecular weight is 205 g/mol. The van der Waals surface area contributed by atoms with E-state index in [0.717, 1.165) is 13.1 Å². The molecule has 0 aliphatic heterocycles. The maximum Gasteiger partial charge on any atom is 0.0587 e. The standard InChI is InChI=1S/C12H19N3/c1-2-7-15-9-11(8-14-15)12(10-13)5-3-4-6-12/h2,8-9H,1,3-7,10,13H2. The summed E-state index contributed by atoms with van der Waals surface area (Å²) in [6, 6.07) is 0. The third-order valence-electron chi connectivity index (χ3n) is 3.51. The van der Waals surface area contributed by atoms with Crippen molar-refractivity contribution in [3.05, 3.63) is 30.6 Å². The van der Waals surface area contributed by atoms with E-state index in [1.807, 2.05) is 17.0 Å². The van der Waals surface area contributed by atoms with Gasteiger partial charge in [0.15, 0.2) is 0 Å². The molecule has 1 saturated carbocycles. The molecule has 1 aliphatic carbocycles. The Balaban J connectivity index is 2.22. The van der Waals surface area contributed by atoms with E-state index in [1.165, 1.54) is 31.2 Å². The van der Waals surface area contributed by atoms with E-state index in [2.05, 4.69) is 17.9 Å². The Hall–Kier alpha value is -1.09. The van der Waals surface area contributed by atoms with Gasteiger partial charge in [-0.3, -0.25) is 4.68 Å². The summed E-state index contributed by atoms with van der Waals surface area (Å²) < 4.78 is 1.93. The summed E-state index contributed by atoms with van der Waals surface area (Å²) >= 11 is 0. The highest BCUT2D eigenvalue weighted by Crippen LogP contribution is 2.39. The van der Waals surface area contributed by atoms with Crippen LogP contribution in [-0.2, 0) is 12.0 Å². The molecule has 0 aromatic carbocycles. The predicted molar refractivity (Wildman–Crippen MR) is 61.6 cm³/mol. The number of aromatic nitrogens is 2. The van der Waals surface area contributed by atoms with Crippen LogP contribution in [0.5, 0.6) is 0 Å². The van der Waals surface area contributed by atoms with Crippen molar-refractivity contribution in [2.45, 2.75) is 37.6 Å². The lowest BCUT2D eigenvalue weighted by molar-refractivity contribution is 0.452. The molecule has 15 heavy (non-hydrogen) atoms. The number of nitrogens with two attached hydrogens (primary N) is 1. The first-order valence-electron chi connectivity index (χ1n) is 5.65. The molecular formula is C12H19N3. The molecule has 2 rings (SSSR count). The van der Waals surface area contributed by atoms with Crippen molar-refractivity contribution in [3.63, 3.8) is 0 Å². The Bertz CT molecular complexity index is 334. The van der Waals surface area contributed by atoms with Crippen LogP contribution in [0.4, 0.5) is 0 Å². The Morgan fingerprint density at radius 1 is 1.53 bits per heavy atom. The van der Waals surface area contributed by atoms with Gasteiger partial charge in [-0.1, -0.05) is 18.9 Å². The maximum absolute atomic E-state index is 5.93. The van der Waals surface area contributed by atoms with E-state index in [1.54, 1.807) is 0 Å². The van der Waals surface area contributed by atoms with Gasteiger partial charge in [-0.2, -0.15) is 5.10 Å². The van der Waals surface area contributed by atoms with Crippen molar-refractivity contribution in [2.24, 2.45) is 5.73 Å². The summed E-state index contributed by atoms with van der Waals surface area (Å²) in [5, 5.41) is 4.33. The number of hydrogen-bond donors (Lipinski definition) is 1. The lowest BCUT2D eigenvalue weighted by atomic mass is 9.81. The highest BCUT2D eigenvalue weighted by Gasteiger charge is 2.35. The van der Waals surface area contributed by atoms with Gasteiger partial charge in [0.25, 0.3) is 0 Å². The van der Waals surface area contributed by atoms with Gasteiger partial charge >= 0.3 is 0 Å². The van der Waals surface area contributed by atoms with Gasteiger partial charge < -0.3 is 5.73 Å². The van der Waals surface area contributed by atoms with Crippen LogP contribution in [0.1, 0.15) is 31.2 Å². The zero-order valence-corrected chi connectivity index (χ0v) is 9.15. The van der Waals surface area contributed by atoms with Crippen molar-refractivity contribution in [3.8, 4) is 0 Å². The summed E-state index contributed by atoms with van der Waals surface area (Å²) in [6.07, 6.45) is 11.0. The summed E-state index contributed by atoms with van der Waals surface area (Å²) in [5.41, 5.74) is 7.44. The fourth-order valence-electron chi connectivity index (χ4n) is 2.53. The number of hydrogen-bond acceptors (Lipinski definition) is 2. The van der Waals surface area contributed by atoms with E-state index in [0.29, 0.717) is 0 Å². The van der Waals surface area contributed by atoms with Gasteiger partial charge in [-0.25, -0.2) is 0 Å². The monoisotopic (exact) mass is 205 g/mol. The maximum atomic E-state index is 5.93. The molecule has 1 fully saturated rings. The molecule has 1 aromatic heterocycles. The van der Waals surface area contributed by atoms with Crippen LogP contribution in [-0.4, -0.2) is 16.3 Å². The molecule has 2 N–H and O–H groups in total. The highest BCUT2D eigenvalue weighted by atomic mass is 15.3. The molecular weight excluding hydrogens is 186 g/mol. The topological polar surface area (TPSA) is 43.8 Å². The SMILES string of the molecule is C=CCn1cc(C2(CN)CCCC2)cn1. The minimum atomic E-state index is 0.208. The molecule has 0 bridgehead atoms. The first-order valence-corrected chi connectivity index (χ1v) is 5.65. The molecule has 1 aromatic rings. The van der Waals surface area contributed by atoms with E-state index in [9.17, 15) is 0 Å². The zero-order chi connectivity index (χ0) is 10.7. The summed E-state index contributed by atoms with van der Waals surface area (Å²) in [5.74, 6) is 0. The van der Waals surface area contributed by atoms with Crippen LogP contribution in [0, 0.1) is 0 Å². The normalized spacial score (nSPS) is 19.3. The number of nitrogens with zero attached hydrogens (tertiary/aromatic N) is 2. The van der Waals surface area contributed by atoms with Gasteiger partial charge in [-0.05, 0) is 18.4 Å². The second kappa shape index (κ2) is 4.19. The van der Waals surface area contributed by atoms with E-state index in [-0.39, 0.29) is 5.41 Å². The number of allylic oxidation sites excluding steroid dienone is 1. The van der Waals surface area contributed by atoms with Crippen molar-refractivity contribution in [1.82, 2.24) is 9.78 Å². The first kappa shape index (κ1) is 10.4. The van der Waals surface area contributed by atoms with Crippen LogP contribution in [0.2, 0.25) is 0 Å². The fourth-order valence-corrected chi connectivity index (χ4v) is 2.53. The van der Waals surface area contributed by atoms with Crippen molar-refractivity contribution >= 4 is 0 Å². The van der Waals surface area contributed by atoms with Gasteiger partial charge in [-0.15, -0.1) is 6.58 Å².